The molecule has 21 heavy (non-hydrogen) atoms. The molecule has 0 saturated heterocycles. The Morgan fingerprint density at radius 3 is 2.86 bits per heavy atom. The van der Waals surface area contributed by atoms with E-state index in [9.17, 15) is 9.18 Å². The first-order valence-electron chi connectivity index (χ1n) is 7.01. The van der Waals surface area contributed by atoms with Crippen LogP contribution in [0.4, 0.5) is 10.1 Å². The summed E-state index contributed by atoms with van der Waals surface area (Å²) in [7, 11) is 0. The van der Waals surface area contributed by atoms with Crippen molar-refractivity contribution in [2.45, 2.75) is 19.8 Å². The molecule has 0 bridgehead atoms. The number of furan rings is 1. The van der Waals surface area contributed by atoms with E-state index in [0.29, 0.717) is 42.9 Å². The van der Waals surface area contributed by atoms with Crippen LogP contribution in [0.3, 0.4) is 0 Å². The Morgan fingerprint density at radius 2 is 2.19 bits per heavy atom. The number of rotatable bonds is 6. The van der Waals surface area contributed by atoms with Gasteiger partial charge in [0.2, 0.25) is 0 Å². The molecule has 0 unspecified atom stereocenters. The summed E-state index contributed by atoms with van der Waals surface area (Å²) in [6.45, 7) is 2.82. The molecule has 0 fully saturated rings. The van der Waals surface area contributed by atoms with E-state index < -0.39 is 0 Å². The summed E-state index contributed by atoms with van der Waals surface area (Å²) < 4.78 is 18.7. The normalized spacial score (nSPS) is 10.6. The number of nitrogens with zero attached hydrogens (tertiary/aromatic N) is 1. The fraction of sp³-hybridized carbons (Fsp3) is 0.312. The van der Waals surface area contributed by atoms with E-state index in [1.807, 2.05) is 6.92 Å². The van der Waals surface area contributed by atoms with Crippen molar-refractivity contribution in [1.29, 1.82) is 0 Å². The highest BCUT2D eigenvalue weighted by molar-refractivity contribution is 6.06. The van der Waals surface area contributed by atoms with Crippen LogP contribution in [0.5, 0.6) is 0 Å². The zero-order chi connectivity index (χ0) is 15.2. The van der Waals surface area contributed by atoms with Crippen LogP contribution in [0, 0.1) is 5.82 Å². The fourth-order valence-corrected chi connectivity index (χ4v) is 2.19. The minimum Gasteiger partial charge on any atom is -0.469 e. The van der Waals surface area contributed by atoms with Gasteiger partial charge in [0, 0.05) is 18.7 Å². The Morgan fingerprint density at radius 1 is 1.38 bits per heavy atom. The van der Waals surface area contributed by atoms with Crippen molar-refractivity contribution in [3.63, 3.8) is 0 Å². The molecule has 2 rings (SSSR count). The lowest BCUT2D eigenvalue weighted by Gasteiger charge is -2.22. The first kappa shape index (κ1) is 15.3. The number of carbonyl (C=O) groups excluding carboxylic acids is 1. The summed E-state index contributed by atoms with van der Waals surface area (Å²) in [4.78, 5) is 14.2. The second-order valence-electron chi connectivity index (χ2n) is 4.69. The summed E-state index contributed by atoms with van der Waals surface area (Å²) in [5, 5.41) is 0. The van der Waals surface area contributed by atoms with Crippen LogP contribution in [-0.4, -0.2) is 19.0 Å². The molecule has 0 spiro atoms. The summed E-state index contributed by atoms with van der Waals surface area (Å²) in [6, 6.07) is 7.65. The molecule has 1 aromatic heterocycles. The lowest BCUT2D eigenvalue weighted by Crippen LogP contribution is -2.33. The summed E-state index contributed by atoms with van der Waals surface area (Å²) in [5.41, 5.74) is 6.57. The molecule has 0 aliphatic carbocycles. The quantitative estimate of drug-likeness (QED) is 0.889. The second-order valence-corrected chi connectivity index (χ2v) is 4.69. The van der Waals surface area contributed by atoms with Gasteiger partial charge in [-0.05, 0) is 37.2 Å². The molecule has 2 aromatic rings. The highest BCUT2D eigenvalue weighted by Gasteiger charge is 2.21. The molecule has 1 aromatic carbocycles. The van der Waals surface area contributed by atoms with Crippen LogP contribution >= 0.6 is 0 Å². The number of carbonyl (C=O) groups is 1. The summed E-state index contributed by atoms with van der Waals surface area (Å²) in [5.74, 6) is 0.0646. The Labute approximate surface area is 123 Å². The topological polar surface area (TPSA) is 59.5 Å². The second kappa shape index (κ2) is 7.04. The molecular weight excluding hydrogens is 271 g/mol. The van der Waals surface area contributed by atoms with Gasteiger partial charge < -0.3 is 15.1 Å². The minimum atomic E-state index is -0.374. The Kier molecular flexibility index (Phi) is 5.11. The molecule has 1 amide bonds. The monoisotopic (exact) mass is 290 g/mol. The molecule has 0 aliphatic rings. The summed E-state index contributed by atoms with van der Waals surface area (Å²) >= 11 is 0. The maximum atomic E-state index is 13.4. The van der Waals surface area contributed by atoms with Gasteiger partial charge in [0.05, 0.1) is 11.8 Å². The lowest BCUT2D eigenvalue weighted by molar-refractivity contribution is 0.0985. The van der Waals surface area contributed by atoms with E-state index >= 15 is 0 Å². The van der Waals surface area contributed by atoms with Crippen LogP contribution in [0.2, 0.25) is 0 Å². The number of halogens is 1. The van der Waals surface area contributed by atoms with Crippen molar-refractivity contribution in [3.8, 4) is 0 Å². The lowest BCUT2D eigenvalue weighted by atomic mass is 10.1. The first-order valence-corrected chi connectivity index (χ1v) is 7.01. The first-order chi connectivity index (χ1) is 10.2. The molecule has 0 atom stereocenters. The van der Waals surface area contributed by atoms with Crippen LogP contribution in [0.1, 0.15) is 29.5 Å². The molecule has 4 nitrogen and oxygen atoms in total. The smallest absolute Gasteiger partial charge is 0.261 e. The minimum absolute atomic E-state index is 0.195. The number of anilines is 1. The van der Waals surface area contributed by atoms with Crippen molar-refractivity contribution in [2.24, 2.45) is 5.73 Å². The highest BCUT2D eigenvalue weighted by atomic mass is 19.1. The molecule has 5 heteroatoms. The van der Waals surface area contributed by atoms with E-state index in [2.05, 4.69) is 0 Å². The number of amides is 1. The number of hydrogen-bond donors (Lipinski definition) is 1. The van der Waals surface area contributed by atoms with Gasteiger partial charge in [-0.15, -0.1) is 0 Å². The summed E-state index contributed by atoms with van der Waals surface area (Å²) in [6.07, 6.45) is 2.77. The molecule has 0 aliphatic heterocycles. The van der Waals surface area contributed by atoms with Gasteiger partial charge in [-0.3, -0.25) is 4.79 Å². The third-order valence-electron chi connectivity index (χ3n) is 3.25. The van der Waals surface area contributed by atoms with Gasteiger partial charge in [-0.1, -0.05) is 13.0 Å². The van der Waals surface area contributed by atoms with Crippen LogP contribution in [0.25, 0.3) is 0 Å². The maximum Gasteiger partial charge on any atom is 0.261 e. The Bertz CT molecular complexity index is 610. The number of aryl methyl sites for hydroxylation is 1. The number of benzene rings is 1. The van der Waals surface area contributed by atoms with Gasteiger partial charge in [0.1, 0.15) is 11.6 Å². The largest absolute Gasteiger partial charge is 0.469 e. The number of nitrogens with two attached hydrogens (primary N) is 1. The Balaban J connectivity index is 2.33. The molecule has 1 heterocycles. The van der Waals surface area contributed by atoms with E-state index in [1.54, 1.807) is 23.1 Å². The van der Waals surface area contributed by atoms with Gasteiger partial charge >= 0.3 is 0 Å². The third-order valence-corrected chi connectivity index (χ3v) is 3.25. The average molecular weight is 290 g/mol. The maximum absolute atomic E-state index is 13.4. The third kappa shape index (κ3) is 3.49. The SMILES string of the molecule is CCc1occc1C(=O)N(CCCN)c1cccc(F)c1. The molecule has 0 radical (unpaired) electrons. The molecule has 2 N–H and O–H groups in total. The van der Waals surface area contributed by atoms with E-state index in [4.69, 9.17) is 10.2 Å². The predicted molar refractivity (Wildman–Crippen MR) is 79.8 cm³/mol. The van der Waals surface area contributed by atoms with E-state index in [0.717, 1.165) is 0 Å². The van der Waals surface area contributed by atoms with E-state index in [-0.39, 0.29) is 11.7 Å². The zero-order valence-electron chi connectivity index (χ0n) is 12.0. The van der Waals surface area contributed by atoms with Gasteiger partial charge in [-0.2, -0.15) is 0 Å². The van der Waals surface area contributed by atoms with Gasteiger partial charge in [-0.25, -0.2) is 4.39 Å². The standard InChI is InChI=1S/C16H19FN2O2/c1-2-15-14(7-10-21-15)16(20)19(9-4-8-18)13-6-3-5-12(17)11-13/h3,5-7,10-11H,2,4,8-9,18H2,1H3. The van der Waals surface area contributed by atoms with Crippen LogP contribution in [-0.2, 0) is 6.42 Å². The van der Waals surface area contributed by atoms with Gasteiger partial charge in [0.25, 0.3) is 5.91 Å². The van der Waals surface area contributed by atoms with E-state index in [1.165, 1.54) is 18.4 Å². The zero-order valence-corrected chi connectivity index (χ0v) is 12.0. The van der Waals surface area contributed by atoms with Crippen molar-refractivity contribution in [1.82, 2.24) is 0 Å². The van der Waals surface area contributed by atoms with Crippen molar-refractivity contribution < 1.29 is 13.6 Å². The van der Waals surface area contributed by atoms with Crippen LogP contribution < -0.4 is 10.6 Å². The molecule has 0 saturated carbocycles. The van der Waals surface area contributed by atoms with Crippen molar-refractivity contribution in [2.75, 3.05) is 18.0 Å². The fourth-order valence-electron chi connectivity index (χ4n) is 2.19. The molecule has 112 valence electrons. The number of hydrogen-bond acceptors (Lipinski definition) is 3. The van der Waals surface area contributed by atoms with Gasteiger partial charge in [0.15, 0.2) is 0 Å². The molecular formula is C16H19FN2O2. The van der Waals surface area contributed by atoms with Crippen LogP contribution in [0.15, 0.2) is 41.0 Å². The highest BCUT2D eigenvalue weighted by Crippen LogP contribution is 2.21. The predicted octanol–water partition coefficient (Wildman–Crippen LogP) is 2.98. The van der Waals surface area contributed by atoms with Crippen molar-refractivity contribution >= 4 is 11.6 Å². The van der Waals surface area contributed by atoms with Crippen molar-refractivity contribution in [3.05, 3.63) is 53.7 Å². The average Bonchev–Trinajstić information content (AvgIpc) is 2.96. The Hall–Kier alpha value is -2.14.